The maximum Gasteiger partial charge on any atom is 0.114 e. The Hall–Kier alpha value is -0.670. The maximum absolute atomic E-state index is 8.89. The van der Waals surface area contributed by atoms with Crippen LogP contribution in [-0.2, 0) is 0 Å². The molecule has 0 saturated heterocycles. The monoisotopic (exact) mass is 184 g/mol. The van der Waals surface area contributed by atoms with E-state index >= 15 is 0 Å². The fourth-order valence-electron chi connectivity index (χ4n) is 0.819. The Kier molecular flexibility index (Phi) is 3.44. The van der Waals surface area contributed by atoms with E-state index in [2.05, 4.69) is 6.58 Å². The maximum atomic E-state index is 8.89. The van der Waals surface area contributed by atoms with E-state index in [0.29, 0.717) is 0 Å². The summed E-state index contributed by atoms with van der Waals surface area (Å²) in [7, 11) is 0. The Morgan fingerprint density at radius 2 is 2.58 bits per heavy atom. The fourth-order valence-corrected chi connectivity index (χ4v) is 1.66. The minimum atomic E-state index is 0.0568. The predicted molar refractivity (Wildman–Crippen MR) is 50.4 cm³/mol. The molecular formula is C9H12O2S. The number of aliphatic hydroxyl groups excluding tert-OH is 1. The van der Waals surface area contributed by atoms with Crippen molar-refractivity contribution in [2.75, 3.05) is 6.61 Å². The van der Waals surface area contributed by atoms with Gasteiger partial charge < -0.3 is 9.52 Å². The van der Waals surface area contributed by atoms with Gasteiger partial charge in [-0.05, 0) is 13.0 Å². The lowest BCUT2D eigenvalue weighted by Gasteiger charge is -2.06. The Labute approximate surface area is 76.3 Å². The van der Waals surface area contributed by atoms with Gasteiger partial charge in [-0.2, -0.15) is 0 Å². The van der Waals surface area contributed by atoms with Crippen LogP contribution in [0.2, 0.25) is 0 Å². The van der Waals surface area contributed by atoms with E-state index in [4.69, 9.17) is 9.52 Å². The number of hydrogen-bond donors (Lipinski definition) is 1. The number of hydrogen-bond acceptors (Lipinski definition) is 3. The van der Waals surface area contributed by atoms with Gasteiger partial charge in [0, 0.05) is 4.90 Å². The van der Waals surface area contributed by atoms with Crippen molar-refractivity contribution in [2.45, 2.75) is 17.1 Å². The molecule has 0 amide bonds. The van der Waals surface area contributed by atoms with Crippen molar-refractivity contribution >= 4 is 11.8 Å². The number of aryl methyl sites for hydroxylation is 1. The van der Waals surface area contributed by atoms with Crippen LogP contribution < -0.4 is 0 Å². The summed E-state index contributed by atoms with van der Waals surface area (Å²) in [4.78, 5) is 1.06. The third-order valence-electron chi connectivity index (χ3n) is 1.53. The lowest BCUT2D eigenvalue weighted by atomic mass is 10.4. The van der Waals surface area contributed by atoms with E-state index in [1.54, 1.807) is 24.1 Å². The van der Waals surface area contributed by atoms with Gasteiger partial charge in [-0.25, -0.2) is 0 Å². The summed E-state index contributed by atoms with van der Waals surface area (Å²) in [6.45, 7) is 5.64. The number of thioether (sulfide) groups is 1. The number of rotatable bonds is 4. The molecule has 12 heavy (non-hydrogen) atoms. The van der Waals surface area contributed by atoms with Gasteiger partial charge in [-0.1, -0.05) is 6.08 Å². The van der Waals surface area contributed by atoms with Gasteiger partial charge in [0.1, 0.15) is 5.76 Å². The standard InChI is InChI=1S/C9H12O2S/c1-3-8(6-10)12-9-4-5-11-7(9)2/h3-5,8,10H,1,6H2,2H3. The van der Waals surface area contributed by atoms with Gasteiger partial charge in [0.25, 0.3) is 0 Å². The lowest BCUT2D eigenvalue weighted by molar-refractivity contribution is 0.307. The largest absolute Gasteiger partial charge is 0.468 e. The van der Waals surface area contributed by atoms with Crippen LogP contribution in [0.4, 0.5) is 0 Å². The molecule has 0 aliphatic carbocycles. The summed E-state index contributed by atoms with van der Waals surface area (Å²) in [6, 6.07) is 1.90. The summed E-state index contributed by atoms with van der Waals surface area (Å²) < 4.78 is 5.12. The molecule has 1 heterocycles. The molecule has 0 saturated carbocycles. The van der Waals surface area contributed by atoms with Crippen molar-refractivity contribution in [3.05, 3.63) is 30.7 Å². The quantitative estimate of drug-likeness (QED) is 0.575. The minimum absolute atomic E-state index is 0.0568. The molecule has 0 spiro atoms. The normalized spacial score (nSPS) is 12.8. The van der Waals surface area contributed by atoms with Crippen molar-refractivity contribution < 1.29 is 9.52 Å². The zero-order valence-electron chi connectivity index (χ0n) is 6.99. The van der Waals surface area contributed by atoms with Crippen LogP contribution in [0.1, 0.15) is 5.76 Å². The molecule has 0 bridgehead atoms. The highest BCUT2D eigenvalue weighted by Crippen LogP contribution is 2.27. The highest BCUT2D eigenvalue weighted by molar-refractivity contribution is 8.00. The van der Waals surface area contributed by atoms with Crippen LogP contribution in [0.15, 0.2) is 34.3 Å². The number of furan rings is 1. The molecule has 1 aromatic heterocycles. The highest BCUT2D eigenvalue weighted by atomic mass is 32.2. The zero-order chi connectivity index (χ0) is 8.97. The Morgan fingerprint density at radius 3 is 3.00 bits per heavy atom. The zero-order valence-corrected chi connectivity index (χ0v) is 7.80. The van der Waals surface area contributed by atoms with Crippen LogP contribution in [0, 0.1) is 6.92 Å². The van der Waals surface area contributed by atoms with E-state index in [1.807, 2.05) is 13.0 Å². The van der Waals surface area contributed by atoms with Crippen LogP contribution in [0.3, 0.4) is 0 Å². The third-order valence-corrected chi connectivity index (χ3v) is 2.85. The number of aliphatic hydroxyl groups is 1. The third kappa shape index (κ3) is 2.16. The Morgan fingerprint density at radius 1 is 1.83 bits per heavy atom. The second-order valence-electron chi connectivity index (χ2n) is 2.42. The molecule has 1 aromatic rings. The molecule has 0 radical (unpaired) electrons. The first kappa shape index (κ1) is 9.42. The molecular weight excluding hydrogens is 172 g/mol. The van der Waals surface area contributed by atoms with E-state index in [0.717, 1.165) is 10.7 Å². The molecule has 0 aromatic carbocycles. The van der Waals surface area contributed by atoms with Gasteiger partial charge in [0.05, 0.1) is 18.1 Å². The Balaban J connectivity index is 2.62. The minimum Gasteiger partial charge on any atom is -0.468 e. The summed E-state index contributed by atoms with van der Waals surface area (Å²) in [5.74, 6) is 0.889. The molecule has 1 rings (SSSR count). The van der Waals surface area contributed by atoms with Crippen molar-refractivity contribution in [1.29, 1.82) is 0 Å². The second-order valence-corrected chi connectivity index (χ2v) is 3.70. The molecule has 0 aliphatic rings. The Bertz CT molecular complexity index is 255. The molecule has 1 unspecified atom stereocenters. The van der Waals surface area contributed by atoms with E-state index in [1.165, 1.54) is 0 Å². The summed E-state index contributed by atoms with van der Waals surface area (Å²) in [6.07, 6.45) is 3.38. The van der Waals surface area contributed by atoms with Crippen LogP contribution >= 0.6 is 11.8 Å². The van der Waals surface area contributed by atoms with Gasteiger partial charge in [0.2, 0.25) is 0 Å². The summed E-state index contributed by atoms with van der Waals surface area (Å²) in [5.41, 5.74) is 0. The highest BCUT2D eigenvalue weighted by Gasteiger charge is 2.08. The van der Waals surface area contributed by atoms with E-state index < -0.39 is 0 Å². The molecule has 66 valence electrons. The van der Waals surface area contributed by atoms with Crippen molar-refractivity contribution in [1.82, 2.24) is 0 Å². The molecule has 2 nitrogen and oxygen atoms in total. The first-order chi connectivity index (χ1) is 5.77. The van der Waals surface area contributed by atoms with Crippen molar-refractivity contribution in [2.24, 2.45) is 0 Å². The second kappa shape index (κ2) is 4.38. The SMILES string of the molecule is C=CC(CO)Sc1ccoc1C. The smallest absolute Gasteiger partial charge is 0.114 e. The van der Waals surface area contributed by atoms with Crippen LogP contribution in [0.5, 0.6) is 0 Å². The fraction of sp³-hybridized carbons (Fsp3) is 0.333. The first-order valence-corrected chi connectivity index (χ1v) is 4.60. The summed E-state index contributed by atoms with van der Waals surface area (Å²) >= 11 is 1.56. The average Bonchev–Trinajstić information content (AvgIpc) is 2.47. The van der Waals surface area contributed by atoms with Gasteiger partial charge in [0.15, 0.2) is 0 Å². The van der Waals surface area contributed by atoms with Crippen LogP contribution in [-0.4, -0.2) is 17.0 Å². The molecule has 0 aliphatic heterocycles. The molecule has 1 atom stereocenters. The predicted octanol–water partition coefficient (Wildman–Crippen LogP) is 2.23. The van der Waals surface area contributed by atoms with Gasteiger partial charge >= 0.3 is 0 Å². The molecule has 3 heteroatoms. The van der Waals surface area contributed by atoms with Crippen molar-refractivity contribution in [3.63, 3.8) is 0 Å². The van der Waals surface area contributed by atoms with E-state index in [-0.39, 0.29) is 11.9 Å². The van der Waals surface area contributed by atoms with Crippen molar-refractivity contribution in [3.8, 4) is 0 Å². The molecule has 0 fully saturated rings. The van der Waals surface area contributed by atoms with Crippen LogP contribution in [0.25, 0.3) is 0 Å². The molecule has 1 N–H and O–H groups in total. The lowest BCUT2D eigenvalue weighted by Crippen LogP contribution is -2.03. The van der Waals surface area contributed by atoms with Gasteiger partial charge in [-0.15, -0.1) is 18.3 Å². The summed E-state index contributed by atoms with van der Waals surface area (Å²) in [5, 5.41) is 8.95. The van der Waals surface area contributed by atoms with E-state index in [9.17, 15) is 0 Å². The van der Waals surface area contributed by atoms with Gasteiger partial charge in [-0.3, -0.25) is 0 Å². The first-order valence-electron chi connectivity index (χ1n) is 3.72. The topological polar surface area (TPSA) is 33.4 Å². The average molecular weight is 184 g/mol.